The summed E-state index contributed by atoms with van der Waals surface area (Å²) in [5.74, 6) is -2.43. The zero-order valence-electron chi connectivity index (χ0n) is 51.0. The minimum Gasteiger partial charge on any atom is -0.507 e. The largest absolute Gasteiger partial charge is 0.507 e. The fourth-order valence-electron chi connectivity index (χ4n) is 7.77. The first-order valence-corrected chi connectivity index (χ1v) is 27.4. The number of nitriles is 5. The van der Waals surface area contributed by atoms with Crippen LogP contribution >= 0.6 is 11.6 Å². The molecule has 95 heavy (non-hydrogen) atoms. The van der Waals surface area contributed by atoms with Crippen molar-refractivity contribution >= 4 is 120 Å². The number of hydrogen-bond donors (Lipinski definition) is 8. The maximum atomic E-state index is 13.0. The molecule has 5 aromatic heterocycles. The molecule has 1 radical (unpaired) electrons. The van der Waals surface area contributed by atoms with Gasteiger partial charge in [-0.1, -0.05) is 72.8 Å². The molecule has 0 fully saturated rings. The van der Waals surface area contributed by atoms with Crippen molar-refractivity contribution < 1.29 is 84.8 Å². The van der Waals surface area contributed by atoms with E-state index >= 15 is 0 Å². The van der Waals surface area contributed by atoms with Gasteiger partial charge in [0.2, 0.25) is 0 Å². The Hall–Kier alpha value is -12.6. The molecule has 0 atom stereocenters. The van der Waals surface area contributed by atoms with Crippen LogP contribution in [0.4, 0.5) is 11.4 Å². The second kappa shape index (κ2) is 38.9. The molecule has 0 saturated carbocycles. The third kappa shape index (κ3) is 22.7. The Balaban J connectivity index is 0.000000389. The number of para-hydroxylation sites is 4. The van der Waals surface area contributed by atoms with E-state index in [4.69, 9.17) is 98.3 Å². The number of benzene rings is 6. The number of aromatic hydroxyl groups is 1. The van der Waals surface area contributed by atoms with Gasteiger partial charge in [-0.05, 0) is 99.0 Å². The number of rotatable bonds is 5. The van der Waals surface area contributed by atoms with Gasteiger partial charge in [0, 0.05) is 70.8 Å². The van der Waals surface area contributed by atoms with E-state index in [1.165, 1.54) is 54.8 Å². The number of nitrogen functional groups attached to an aromatic ring is 1. The first-order valence-electron chi connectivity index (χ1n) is 26.9. The fraction of sp³-hybridized carbons (Fsp3) is 0.119. The predicted octanol–water partition coefficient (Wildman–Crippen LogP) is 10.6. The third-order valence-electron chi connectivity index (χ3n) is 11.9. The number of furan rings is 3. The van der Waals surface area contributed by atoms with Gasteiger partial charge in [0.05, 0.1) is 46.9 Å². The summed E-state index contributed by atoms with van der Waals surface area (Å²) in [6.07, 6.45) is -0.403. The average Bonchev–Trinajstić information content (AvgIpc) is 1.66. The molecular weight excluding hydrogens is 1300 g/mol. The van der Waals surface area contributed by atoms with E-state index in [1.54, 1.807) is 62.4 Å². The topological polar surface area (TPSA) is 450 Å². The third-order valence-corrected chi connectivity index (χ3v) is 12.3. The summed E-state index contributed by atoms with van der Waals surface area (Å²) < 4.78 is 18.4. The van der Waals surface area contributed by atoms with Crippen LogP contribution in [0.1, 0.15) is 78.1 Å². The molecule has 28 heteroatoms. The molecule has 0 amide bonds. The van der Waals surface area contributed by atoms with Crippen LogP contribution in [0.5, 0.6) is 5.75 Å². The molecule has 11 aromatic rings. The molecule has 0 aliphatic rings. The number of alkyl halides is 1. The Morgan fingerprint density at radius 2 is 1.11 bits per heavy atom. The molecule has 0 bridgehead atoms. The number of fused-ring (bicyclic) bond motifs is 7. The summed E-state index contributed by atoms with van der Waals surface area (Å²) in [6, 6.07) is 50.6. The Bertz CT molecular complexity index is 4920. The Kier molecular flexibility index (Phi) is 32.1. The number of carbonyl (C=O) groups excluding carboxylic acids is 2. The van der Waals surface area contributed by atoms with Crippen LogP contribution < -0.4 is 22.3 Å². The number of anilines is 1. The maximum Gasteiger partial charge on any atom is 0.488 e. The molecule has 0 aliphatic heterocycles. The smallest absolute Gasteiger partial charge is 0.488 e. The van der Waals surface area contributed by atoms with Gasteiger partial charge in [-0.2, -0.15) is 26.3 Å². The predicted molar refractivity (Wildman–Crippen MR) is 349 cm³/mol. The number of nitrogens with two attached hydrogens (primary N) is 1. The van der Waals surface area contributed by atoms with E-state index in [-0.39, 0.29) is 62.7 Å². The van der Waals surface area contributed by atoms with Gasteiger partial charge in [0.1, 0.15) is 69.6 Å². The summed E-state index contributed by atoms with van der Waals surface area (Å²) in [5, 5.41) is 93.9. The number of carboxylic acid groups (broad SMARTS) is 3. The number of hydrogen-bond acceptors (Lipinski definition) is 19. The normalized spacial score (nSPS) is 9.34. The fourth-order valence-corrected chi connectivity index (χ4v) is 7.77. The number of pyridine rings is 2. The number of aromatic nitrogens is 2. The molecule has 485 valence electrons. The van der Waals surface area contributed by atoms with E-state index in [9.17, 15) is 29.2 Å². The van der Waals surface area contributed by atoms with Gasteiger partial charge >= 0.3 is 13.1 Å². The number of carbonyl (C=O) groups is 5. The molecule has 6 aromatic carbocycles. The minimum atomic E-state index is -1.46. The van der Waals surface area contributed by atoms with Crippen LogP contribution in [-0.2, 0) is 36.2 Å². The van der Waals surface area contributed by atoms with Crippen LogP contribution in [-0.4, -0.2) is 82.5 Å². The van der Waals surface area contributed by atoms with Gasteiger partial charge in [0.15, 0.2) is 28.4 Å². The Morgan fingerprint density at radius 3 is 1.53 bits per heavy atom. The number of aromatic amines is 1. The number of H-pyrrole nitrogens is 1. The van der Waals surface area contributed by atoms with Gasteiger partial charge in [-0.3, -0.25) is 38.1 Å². The average molecular weight is 1350 g/mol. The van der Waals surface area contributed by atoms with Crippen molar-refractivity contribution in [2.24, 2.45) is 0 Å². The number of nitrogens with zero attached hydrogens (tertiary/aromatic N) is 7. The van der Waals surface area contributed by atoms with Crippen molar-refractivity contribution in [3.05, 3.63) is 217 Å². The van der Waals surface area contributed by atoms with Crippen molar-refractivity contribution in [3.8, 4) is 41.8 Å². The standard InChI is InChI=1S/C20H11N3O2.C13H8N2O2.C10H9NO2.C7H6BNO2.C7H5NO.C3H5ClO.C3H3NO2.2C2H4O2.Cu/c1-12-16(11-21)20(24)23(14-9-7-13(22-2)8-10-14)18-15-5-3-4-6-17(15)25-19(12)18;1-7-9(6-14)13(16)15-11-8-4-2-3-5-10(8)17-12(7)11;1-6(12)10-9(11)7-4-2-3-5-8(7)13-10;9-5-6-1-3-7(4-2-6)8(10)11;8-5-6-3-1-2-4-7(6)9;1-3(5)2-4;4-2-1-3(5)6;2*1-2(3)4;/h3-10H,1H3;2-5H,1H3,(H,15,16);2-5H,11H2,1H3;1-4,10-11H;1-4,9H;2H2,1H3;1H2,(H,5,6);2*1H3,(H,3,4);. The van der Waals surface area contributed by atoms with Gasteiger partial charge in [-0.25, -0.2) is 4.85 Å². The number of aliphatic carboxylic acids is 3. The molecular formula is C67H55BClCuN9O16. The quantitative estimate of drug-likeness (QED) is 0.0343. The number of phenolic OH excluding ortho intramolecular Hbond substituents is 1. The van der Waals surface area contributed by atoms with E-state index in [2.05, 4.69) is 9.83 Å². The molecule has 11 rings (SSSR count). The minimum absolute atomic E-state index is 0. The van der Waals surface area contributed by atoms with Crippen molar-refractivity contribution in [3.63, 3.8) is 0 Å². The Labute approximate surface area is 556 Å². The first-order chi connectivity index (χ1) is 44.7. The van der Waals surface area contributed by atoms with Crippen molar-refractivity contribution in [1.82, 2.24) is 9.55 Å². The van der Waals surface area contributed by atoms with Crippen molar-refractivity contribution in [2.45, 2.75) is 48.0 Å². The summed E-state index contributed by atoms with van der Waals surface area (Å²) in [5.41, 5.74) is 13.4. The molecule has 0 aliphatic carbocycles. The molecule has 0 spiro atoms. The number of nitrogens with one attached hydrogen (secondary N) is 1. The summed E-state index contributed by atoms with van der Waals surface area (Å²) in [6.45, 7) is 15.6. The zero-order chi connectivity index (χ0) is 70.4. The molecule has 9 N–H and O–H groups in total. The number of carboxylic acids is 3. The van der Waals surface area contributed by atoms with E-state index in [0.29, 0.717) is 83.7 Å². The van der Waals surface area contributed by atoms with Crippen LogP contribution in [0, 0.1) is 77.1 Å². The molecule has 25 nitrogen and oxygen atoms in total. The van der Waals surface area contributed by atoms with Crippen molar-refractivity contribution in [1.29, 1.82) is 26.3 Å². The van der Waals surface area contributed by atoms with Gasteiger partial charge < -0.3 is 54.4 Å². The molecule has 5 heterocycles. The monoisotopic (exact) mass is 1350 g/mol. The summed E-state index contributed by atoms with van der Waals surface area (Å²) >= 11 is 4.99. The summed E-state index contributed by atoms with van der Waals surface area (Å²) in [4.78, 5) is 78.9. The van der Waals surface area contributed by atoms with Gasteiger partial charge in [-0.15, -0.1) is 11.6 Å². The van der Waals surface area contributed by atoms with Crippen LogP contribution in [0.25, 0.3) is 65.6 Å². The molecule has 0 unspecified atom stereocenters. The molecule has 0 saturated heterocycles. The van der Waals surface area contributed by atoms with Gasteiger partial charge in [0.25, 0.3) is 23.1 Å². The second-order valence-electron chi connectivity index (χ2n) is 18.8. The zero-order valence-corrected chi connectivity index (χ0v) is 52.7. The number of phenols is 1. The van der Waals surface area contributed by atoms with Crippen molar-refractivity contribution in [2.75, 3.05) is 11.6 Å². The van der Waals surface area contributed by atoms with E-state index < -0.39 is 37.0 Å². The maximum absolute atomic E-state index is 13.0. The van der Waals surface area contributed by atoms with Crippen LogP contribution in [0.15, 0.2) is 168 Å². The number of aryl methyl sites for hydroxylation is 2. The van der Waals surface area contributed by atoms with E-state index in [0.717, 1.165) is 30.0 Å². The number of Topliss-reactive ketones (excluding diaryl/α,β-unsaturated/α-hetero) is 2. The number of halogens is 1. The number of ketones is 2. The SMILES string of the molecule is CC(=O)CCl.CC(=O)O.CC(=O)O.CC(=O)c1oc2ccccc2c1N.Cc1c(C#N)c(=O)[nH]c2c1oc1ccccc12.N#CCC(=O)O.N#Cc1ccc(B(O)O)cc1.N#Cc1ccccc1O.[C-]#[N+]c1ccc(-n2c(=O)c(C#N)c(C)c3oc4ccccc4c32)cc1.[Cu]. The second-order valence-corrected chi connectivity index (χ2v) is 19.0. The van der Waals surface area contributed by atoms with Crippen LogP contribution in [0.2, 0.25) is 0 Å². The van der Waals surface area contributed by atoms with E-state index in [1.807, 2.05) is 91.0 Å². The first kappa shape index (κ1) is 78.5. The summed E-state index contributed by atoms with van der Waals surface area (Å²) in [7, 11) is -1.46. The van der Waals surface area contributed by atoms with Crippen LogP contribution in [0.3, 0.4) is 0 Å². The Morgan fingerprint density at radius 1 is 0.642 bits per heavy atom.